The number of hydrogen-bond acceptors (Lipinski definition) is 3. The second-order valence-electron chi connectivity index (χ2n) is 5.66. The second kappa shape index (κ2) is 8.42. The third-order valence-corrected chi connectivity index (χ3v) is 4.70. The van der Waals surface area contributed by atoms with Crippen molar-refractivity contribution in [1.29, 1.82) is 0 Å². The lowest BCUT2D eigenvalue weighted by Crippen LogP contribution is -2.41. The predicted octanol–water partition coefficient (Wildman–Crippen LogP) is 3.30. The topological polar surface area (TPSA) is 49.4 Å². The Hall–Kier alpha value is -1.96. The van der Waals surface area contributed by atoms with Crippen LogP contribution in [0, 0.1) is 5.92 Å². The maximum atomic E-state index is 12.3. The number of benzene rings is 1. The molecule has 0 atom stereocenters. The Morgan fingerprint density at radius 2 is 1.80 bits per heavy atom. The van der Waals surface area contributed by atoms with Crippen LogP contribution in [0.4, 0.5) is 13.2 Å². The zero-order valence-electron chi connectivity index (χ0n) is 13.7. The summed E-state index contributed by atoms with van der Waals surface area (Å²) in [6.45, 7) is 1.03. The first-order valence-electron chi connectivity index (χ1n) is 7.83. The summed E-state index contributed by atoms with van der Waals surface area (Å²) in [6, 6.07) is 5.82. The number of hydrogen-bond donors (Lipinski definition) is 1. The van der Waals surface area contributed by atoms with Crippen LogP contribution in [0.5, 0.6) is 0 Å². The molecule has 2 rings (SSSR count). The van der Waals surface area contributed by atoms with Gasteiger partial charge in [0.05, 0.1) is 0 Å². The van der Waals surface area contributed by atoms with Gasteiger partial charge in [0.15, 0.2) is 0 Å². The van der Waals surface area contributed by atoms with Crippen molar-refractivity contribution in [2.45, 2.75) is 23.2 Å². The van der Waals surface area contributed by atoms with Crippen molar-refractivity contribution in [1.82, 2.24) is 10.2 Å². The fourth-order valence-corrected chi connectivity index (χ4v) is 3.16. The molecule has 1 aliphatic rings. The average molecular weight is 372 g/mol. The molecular formula is C17H19F3N2O2S. The normalized spacial score (nSPS) is 16.2. The lowest BCUT2D eigenvalue weighted by atomic mass is 9.96. The highest BCUT2D eigenvalue weighted by molar-refractivity contribution is 8.00. The third kappa shape index (κ3) is 6.12. The van der Waals surface area contributed by atoms with Gasteiger partial charge < -0.3 is 10.2 Å². The highest BCUT2D eigenvalue weighted by Gasteiger charge is 2.29. The van der Waals surface area contributed by atoms with Gasteiger partial charge in [-0.15, -0.1) is 0 Å². The fraction of sp³-hybridized carbons (Fsp3) is 0.412. The number of carbonyl (C=O) groups is 2. The Bertz CT molecular complexity index is 636. The number of nitrogens with zero attached hydrogens (tertiary/aromatic N) is 1. The Balaban J connectivity index is 1.87. The minimum Gasteiger partial charge on any atom is -0.359 e. The van der Waals surface area contributed by atoms with Crippen molar-refractivity contribution in [2.24, 2.45) is 5.92 Å². The first-order chi connectivity index (χ1) is 11.8. The van der Waals surface area contributed by atoms with E-state index in [4.69, 9.17) is 0 Å². The molecule has 136 valence electrons. The summed E-state index contributed by atoms with van der Waals surface area (Å²) in [5.74, 6) is -0.222. The Morgan fingerprint density at radius 1 is 1.20 bits per heavy atom. The molecule has 0 unspecified atom stereocenters. The summed E-state index contributed by atoms with van der Waals surface area (Å²) in [5.41, 5.74) is -3.66. The molecule has 0 radical (unpaired) electrons. The summed E-state index contributed by atoms with van der Waals surface area (Å²) in [7, 11) is 1.60. The van der Waals surface area contributed by atoms with E-state index in [0.29, 0.717) is 31.5 Å². The highest BCUT2D eigenvalue weighted by Crippen LogP contribution is 2.36. The zero-order chi connectivity index (χ0) is 18.4. The predicted molar refractivity (Wildman–Crippen MR) is 90.8 cm³/mol. The van der Waals surface area contributed by atoms with E-state index in [2.05, 4.69) is 5.32 Å². The molecule has 4 nitrogen and oxygen atoms in total. The lowest BCUT2D eigenvalue weighted by molar-refractivity contribution is -0.131. The van der Waals surface area contributed by atoms with Gasteiger partial charge in [-0.1, -0.05) is 12.1 Å². The molecule has 25 heavy (non-hydrogen) atoms. The number of likely N-dealkylation sites (tertiary alicyclic amines) is 1. The standard InChI is InChI=1S/C17H19F3N2O2S/c1-21-16(24)13-8-10-22(11-9-13)15(23)7-4-12-2-5-14(6-3-12)25-17(18,19)20/h2-7,13H,8-11H2,1H3,(H,21,24). The second-order valence-corrected chi connectivity index (χ2v) is 6.80. The van der Waals surface area contributed by atoms with Crippen molar-refractivity contribution in [3.63, 3.8) is 0 Å². The first-order valence-corrected chi connectivity index (χ1v) is 8.64. The summed E-state index contributed by atoms with van der Waals surface area (Å²) >= 11 is -0.171. The molecule has 1 aromatic carbocycles. The quantitative estimate of drug-likeness (QED) is 0.652. The maximum Gasteiger partial charge on any atom is 0.446 e. The van der Waals surface area contributed by atoms with Crippen molar-refractivity contribution >= 4 is 29.7 Å². The fourth-order valence-electron chi connectivity index (χ4n) is 2.62. The molecule has 0 spiro atoms. The Labute approximate surface area is 148 Å². The molecule has 0 saturated carbocycles. The number of rotatable bonds is 4. The van der Waals surface area contributed by atoms with E-state index in [-0.39, 0.29) is 34.4 Å². The number of halogens is 3. The molecule has 0 aromatic heterocycles. The van der Waals surface area contributed by atoms with E-state index >= 15 is 0 Å². The smallest absolute Gasteiger partial charge is 0.359 e. The SMILES string of the molecule is CNC(=O)C1CCN(C(=O)C=Cc2ccc(SC(F)(F)F)cc2)CC1. The van der Waals surface area contributed by atoms with Gasteiger partial charge in [-0.05, 0) is 48.4 Å². The largest absolute Gasteiger partial charge is 0.446 e. The highest BCUT2D eigenvalue weighted by atomic mass is 32.2. The van der Waals surface area contributed by atoms with E-state index in [1.54, 1.807) is 18.0 Å². The van der Waals surface area contributed by atoms with Crippen molar-refractivity contribution in [3.8, 4) is 0 Å². The van der Waals surface area contributed by atoms with Crippen LogP contribution in [0.1, 0.15) is 18.4 Å². The van der Waals surface area contributed by atoms with Gasteiger partial charge in [0.25, 0.3) is 0 Å². The number of amides is 2. The van der Waals surface area contributed by atoms with Crippen LogP contribution in [0.15, 0.2) is 35.2 Å². The van der Waals surface area contributed by atoms with Gasteiger partial charge in [0.2, 0.25) is 11.8 Å². The van der Waals surface area contributed by atoms with Gasteiger partial charge in [-0.25, -0.2) is 0 Å². The summed E-state index contributed by atoms with van der Waals surface area (Å²) in [5, 5.41) is 2.62. The molecule has 8 heteroatoms. The third-order valence-electron chi connectivity index (χ3n) is 3.96. The van der Waals surface area contributed by atoms with E-state index < -0.39 is 5.51 Å². The molecule has 1 aliphatic heterocycles. The van der Waals surface area contributed by atoms with Crippen LogP contribution in [0.3, 0.4) is 0 Å². The van der Waals surface area contributed by atoms with E-state index in [1.807, 2.05) is 0 Å². The number of nitrogens with one attached hydrogen (secondary N) is 1. The summed E-state index contributed by atoms with van der Waals surface area (Å²) in [6.07, 6.45) is 4.24. The molecule has 1 N–H and O–H groups in total. The summed E-state index contributed by atoms with van der Waals surface area (Å²) in [4.78, 5) is 25.5. The van der Waals surface area contributed by atoms with E-state index in [9.17, 15) is 22.8 Å². The van der Waals surface area contributed by atoms with E-state index in [0.717, 1.165) is 0 Å². The van der Waals surface area contributed by atoms with Crippen LogP contribution in [0.25, 0.3) is 6.08 Å². The lowest BCUT2D eigenvalue weighted by Gasteiger charge is -2.30. The number of alkyl halides is 3. The molecule has 2 amide bonds. The minimum atomic E-state index is -4.31. The van der Waals surface area contributed by atoms with Gasteiger partial charge in [0.1, 0.15) is 0 Å². The van der Waals surface area contributed by atoms with Crippen LogP contribution in [-0.4, -0.2) is 42.4 Å². The monoisotopic (exact) mass is 372 g/mol. The first kappa shape index (κ1) is 19.4. The van der Waals surface area contributed by atoms with E-state index in [1.165, 1.54) is 30.3 Å². The molecular weight excluding hydrogens is 353 g/mol. The van der Waals surface area contributed by atoms with Gasteiger partial charge in [0, 0.05) is 37.0 Å². The van der Waals surface area contributed by atoms with Crippen LogP contribution in [0.2, 0.25) is 0 Å². The van der Waals surface area contributed by atoms with Crippen molar-refractivity contribution in [3.05, 3.63) is 35.9 Å². The van der Waals surface area contributed by atoms with Crippen LogP contribution >= 0.6 is 11.8 Å². The maximum absolute atomic E-state index is 12.3. The molecule has 0 bridgehead atoms. The van der Waals surface area contributed by atoms with Gasteiger partial charge >= 0.3 is 5.51 Å². The van der Waals surface area contributed by atoms with Crippen LogP contribution < -0.4 is 5.32 Å². The molecule has 1 aromatic rings. The van der Waals surface area contributed by atoms with Gasteiger partial charge in [-0.2, -0.15) is 13.2 Å². The Morgan fingerprint density at radius 3 is 2.32 bits per heavy atom. The zero-order valence-corrected chi connectivity index (χ0v) is 14.5. The summed E-state index contributed by atoms with van der Waals surface area (Å²) < 4.78 is 36.8. The minimum absolute atomic E-state index is 0.000502. The molecule has 0 aliphatic carbocycles. The number of carbonyl (C=O) groups excluding carboxylic acids is 2. The van der Waals surface area contributed by atoms with Crippen LogP contribution in [-0.2, 0) is 9.59 Å². The Kier molecular flexibility index (Phi) is 6.52. The number of thioether (sulfide) groups is 1. The number of piperidine rings is 1. The average Bonchev–Trinajstić information content (AvgIpc) is 2.59. The molecule has 1 fully saturated rings. The molecule has 1 saturated heterocycles. The molecule has 1 heterocycles. The van der Waals surface area contributed by atoms with Gasteiger partial charge in [-0.3, -0.25) is 9.59 Å². The van der Waals surface area contributed by atoms with Crippen molar-refractivity contribution in [2.75, 3.05) is 20.1 Å². The van der Waals surface area contributed by atoms with Crippen molar-refractivity contribution < 1.29 is 22.8 Å².